The highest BCUT2D eigenvalue weighted by Crippen LogP contribution is 2.25. The van der Waals surface area contributed by atoms with Gasteiger partial charge in [0.2, 0.25) is 0 Å². The fourth-order valence-electron chi connectivity index (χ4n) is 2.05. The molecule has 2 nitrogen and oxygen atoms in total. The fourth-order valence-corrected chi connectivity index (χ4v) is 2.40. The van der Waals surface area contributed by atoms with Crippen LogP contribution in [0.4, 0.5) is 0 Å². The first-order valence-corrected chi connectivity index (χ1v) is 6.38. The summed E-state index contributed by atoms with van der Waals surface area (Å²) in [4.78, 5) is 0. The van der Waals surface area contributed by atoms with Crippen LogP contribution in [0.1, 0.15) is 19.4 Å². The Hall–Kier alpha value is -0.800. The summed E-state index contributed by atoms with van der Waals surface area (Å²) in [5.41, 5.74) is 8.27. The molecule has 0 amide bonds. The lowest BCUT2D eigenvalue weighted by molar-refractivity contribution is 0.534. The van der Waals surface area contributed by atoms with Crippen molar-refractivity contribution in [3.05, 3.63) is 34.4 Å². The van der Waals surface area contributed by atoms with Gasteiger partial charge in [0.25, 0.3) is 0 Å². The van der Waals surface area contributed by atoms with E-state index in [1.165, 1.54) is 16.5 Å². The molecule has 0 bridgehead atoms. The van der Waals surface area contributed by atoms with Gasteiger partial charge in [-0.1, -0.05) is 35.8 Å². The van der Waals surface area contributed by atoms with Gasteiger partial charge < -0.3 is 10.3 Å². The van der Waals surface area contributed by atoms with Crippen molar-refractivity contribution in [2.75, 3.05) is 0 Å². The van der Waals surface area contributed by atoms with Crippen molar-refractivity contribution >= 4 is 26.8 Å². The molecule has 1 aromatic carbocycles. The van der Waals surface area contributed by atoms with Crippen LogP contribution in [0, 0.1) is 5.92 Å². The second kappa shape index (κ2) is 4.60. The zero-order valence-electron chi connectivity index (χ0n) is 9.70. The van der Waals surface area contributed by atoms with Crippen molar-refractivity contribution in [1.29, 1.82) is 0 Å². The van der Waals surface area contributed by atoms with Gasteiger partial charge in [-0.3, -0.25) is 0 Å². The first-order chi connectivity index (χ1) is 7.61. The fraction of sp³-hybridized carbons (Fsp3) is 0.385. The molecule has 0 saturated carbocycles. The Morgan fingerprint density at radius 2 is 2.12 bits per heavy atom. The van der Waals surface area contributed by atoms with Crippen LogP contribution in [-0.4, -0.2) is 4.57 Å². The maximum absolute atomic E-state index is 5.77. The highest BCUT2D eigenvalue weighted by Gasteiger charge is 2.08. The third kappa shape index (κ3) is 2.15. The average molecular weight is 281 g/mol. The zero-order valence-corrected chi connectivity index (χ0v) is 11.3. The van der Waals surface area contributed by atoms with Crippen molar-refractivity contribution in [2.45, 2.75) is 26.9 Å². The van der Waals surface area contributed by atoms with E-state index in [1.807, 2.05) is 0 Å². The number of benzene rings is 1. The molecule has 2 N–H and O–H groups in total. The Bertz CT molecular complexity index is 500. The van der Waals surface area contributed by atoms with Gasteiger partial charge in [-0.15, -0.1) is 0 Å². The third-order valence-electron chi connectivity index (χ3n) is 2.71. The van der Waals surface area contributed by atoms with Crippen molar-refractivity contribution in [1.82, 2.24) is 4.57 Å². The molecule has 0 atom stereocenters. The minimum absolute atomic E-state index is 0.600. The minimum Gasteiger partial charge on any atom is -0.347 e. The number of nitrogens with two attached hydrogens (primary N) is 1. The molecule has 0 aliphatic heterocycles. The zero-order chi connectivity index (χ0) is 11.7. The molecular formula is C13H17BrN2. The summed E-state index contributed by atoms with van der Waals surface area (Å²) in [5, 5.41) is 1.27. The van der Waals surface area contributed by atoms with Gasteiger partial charge in [0.1, 0.15) is 0 Å². The topological polar surface area (TPSA) is 30.9 Å². The summed E-state index contributed by atoms with van der Waals surface area (Å²) in [7, 11) is 0. The van der Waals surface area contributed by atoms with E-state index in [-0.39, 0.29) is 0 Å². The van der Waals surface area contributed by atoms with Gasteiger partial charge in [0.05, 0.1) is 0 Å². The van der Waals surface area contributed by atoms with E-state index in [0.29, 0.717) is 12.5 Å². The summed E-state index contributed by atoms with van der Waals surface area (Å²) >= 11 is 3.52. The molecule has 2 rings (SSSR count). The Morgan fingerprint density at radius 3 is 2.75 bits per heavy atom. The molecule has 1 heterocycles. The number of hydrogen-bond donors (Lipinski definition) is 1. The molecule has 0 aliphatic rings. The first-order valence-electron chi connectivity index (χ1n) is 5.59. The maximum Gasteiger partial charge on any atom is 0.0495 e. The minimum atomic E-state index is 0.600. The van der Waals surface area contributed by atoms with Crippen LogP contribution in [0.5, 0.6) is 0 Å². The Morgan fingerprint density at radius 1 is 1.38 bits per heavy atom. The van der Waals surface area contributed by atoms with Crippen LogP contribution in [0.3, 0.4) is 0 Å². The molecule has 0 aliphatic carbocycles. The largest absolute Gasteiger partial charge is 0.347 e. The van der Waals surface area contributed by atoms with E-state index in [2.05, 4.69) is 58.7 Å². The van der Waals surface area contributed by atoms with Crippen molar-refractivity contribution in [3.8, 4) is 0 Å². The predicted octanol–water partition coefficient (Wildman–Crippen LogP) is 3.52. The Kier molecular flexibility index (Phi) is 3.36. The van der Waals surface area contributed by atoms with E-state index in [9.17, 15) is 0 Å². The predicted molar refractivity (Wildman–Crippen MR) is 72.4 cm³/mol. The van der Waals surface area contributed by atoms with E-state index >= 15 is 0 Å². The molecule has 16 heavy (non-hydrogen) atoms. The van der Waals surface area contributed by atoms with Gasteiger partial charge in [-0.05, 0) is 23.6 Å². The standard InChI is InChI=1S/C13H17BrN2/c1-9(2)7-16-8-10(6-15)12-4-3-11(14)5-13(12)16/h3-5,8-9H,6-7,15H2,1-2H3. The molecule has 0 radical (unpaired) electrons. The number of nitrogens with zero attached hydrogens (tertiary/aromatic N) is 1. The number of rotatable bonds is 3. The highest BCUT2D eigenvalue weighted by atomic mass is 79.9. The van der Waals surface area contributed by atoms with Crippen LogP contribution in [0.25, 0.3) is 10.9 Å². The van der Waals surface area contributed by atoms with Gasteiger partial charge in [-0.2, -0.15) is 0 Å². The molecule has 3 heteroatoms. The summed E-state index contributed by atoms with van der Waals surface area (Å²) in [6, 6.07) is 6.37. The number of aromatic nitrogens is 1. The molecule has 2 aromatic rings. The average Bonchev–Trinajstić information content (AvgIpc) is 2.55. The molecule has 0 unspecified atom stereocenters. The second-order valence-corrected chi connectivity index (χ2v) is 5.48. The molecule has 86 valence electrons. The lowest BCUT2D eigenvalue weighted by atomic mass is 10.2. The number of halogens is 1. The van der Waals surface area contributed by atoms with Gasteiger partial charge in [0, 0.05) is 34.7 Å². The molecular weight excluding hydrogens is 264 g/mol. The van der Waals surface area contributed by atoms with E-state index in [4.69, 9.17) is 5.73 Å². The molecule has 0 fully saturated rings. The lowest BCUT2D eigenvalue weighted by Gasteiger charge is -2.08. The van der Waals surface area contributed by atoms with Crippen molar-refractivity contribution in [2.24, 2.45) is 11.7 Å². The quantitative estimate of drug-likeness (QED) is 0.917. The third-order valence-corrected chi connectivity index (χ3v) is 3.20. The van der Waals surface area contributed by atoms with Crippen LogP contribution >= 0.6 is 15.9 Å². The number of hydrogen-bond acceptors (Lipinski definition) is 1. The second-order valence-electron chi connectivity index (χ2n) is 4.57. The van der Waals surface area contributed by atoms with E-state index < -0.39 is 0 Å². The monoisotopic (exact) mass is 280 g/mol. The lowest BCUT2D eigenvalue weighted by Crippen LogP contribution is -2.02. The molecule has 0 spiro atoms. The normalized spacial score (nSPS) is 11.6. The van der Waals surface area contributed by atoms with E-state index in [0.717, 1.165) is 11.0 Å². The maximum atomic E-state index is 5.77. The first kappa shape index (κ1) is 11.7. The summed E-state index contributed by atoms with van der Waals surface area (Å²) in [6.45, 7) is 6.09. The van der Waals surface area contributed by atoms with Gasteiger partial charge >= 0.3 is 0 Å². The smallest absolute Gasteiger partial charge is 0.0495 e. The SMILES string of the molecule is CC(C)Cn1cc(CN)c2ccc(Br)cc21. The van der Waals surface area contributed by atoms with Crippen LogP contribution in [-0.2, 0) is 13.1 Å². The highest BCUT2D eigenvalue weighted by molar-refractivity contribution is 9.10. The van der Waals surface area contributed by atoms with Crippen molar-refractivity contribution in [3.63, 3.8) is 0 Å². The Labute approximate surface area is 105 Å². The van der Waals surface area contributed by atoms with Crippen molar-refractivity contribution < 1.29 is 0 Å². The summed E-state index contributed by atoms with van der Waals surface area (Å²) in [5.74, 6) is 0.639. The van der Waals surface area contributed by atoms with Crippen LogP contribution < -0.4 is 5.73 Å². The summed E-state index contributed by atoms with van der Waals surface area (Å²) < 4.78 is 3.42. The molecule has 0 saturated heterocycles. The van der Waals surface area contributed by atoms with Crippen LogP contribution in [0.15, 0.2) is 28.9 Å². The van der Waals surface area contributed by atoms with E-state index in [1.54, 1.807) is 0 Å². The summed E-state index contributed by atoms with van der Waals surface area (Å²) in [6.07, 6.45) is 2.18. The van der Waals surface area contributed by atoms with Gasteiger partial charge in [0.15, 0.2) is 0 Å². The number of fused-ring (bicyclic) bond motifs is 1. The van der Waals surface area contributed by atoms with Gasteiger partial charge in [-0.25, -0.2) is 0 Å². The van der Waals surface area contributed by atoms with Crippen LogP contribution in [0.2, 0.25) is 0 Å². The molecule has 1 aromatic heterocycles. The Balaban J connectivity index is 2.59.